The summed E-state index contributed by atoms with van der Waals surface area (Å²) < 4.78 is 24.3. The fourth-order valence-corrected chi connectivity index (χ4v) is 4.11. The van der Waals surface area contributed by atoms with E-state index in [-0.39, 0.29) is 29.4 Å². The Hall–Kier alpha value is -3.22. The van der Waals surface area contributed by atoms with Crippen LogP contribution in [-0.4, -0.2) is 30.8 Å². The summed E-state index contributed by atoms with van der Waals surface area (Å²) in [6.07, 6.45) is 7.75. The molecule has 2 atom stereocenters. The van der Waals surface area contributed by atoms with E-state index in [0.29, 0.717) is 12.2 Å². The van der Waals surface area contributed by atoms with Crippen molar-refractivity contribution < 1.29 is 18.3 Å². The van der Waals surface area contributed by atoms with Gasteiger partial charge in [-0.3, -0.25) is 9.79 Å². The molecule has 7 heteroatoms. The highest BCUT2D eigenvalue weighted by molar-refractivity contribution is 5.97. The predicted octanol–water partition coefficient (Wildman–Crippen LogP) is 5.41. The molecule has 6 nitrogen and oxygen atoms in total. The second kappa shape index (κ2) is 10.2. The molecule has 0 saturated heterocycles. The van der Waals surface area contributed by atoms with Crippen molar-refractivity contribution in [3.63, 3.8) is 0 Å². The van der Waals surface area contributed by atoms with Crippen LogP contribution in [0.4, 0.5) is 4.39 Å². The van der Waals surface area contributed by atoms with Gasteiger partial charge < -0.3 is 14.5 Å². The summed E-state index contributed by atoms with van der Waals surface area (Å²) in [5.41, 5.74) is 2.73. The summed E-state index contributed by atoms with van der Waals surface area (Å²) in [6, 6.07) is 5.53. The number of aryl methyl sites for hydroxylation is 1. The van der Waals surface area contributed by atoms with Gasteiger partial charge in [-0.2, -0.15) is 0 Å². The molecule has 1 heterocycles. The van der Waals surface area contributed by atoms with E-state index in [1.165, 1.54) is 19.4 Å². The molecule has 2 aromatic rings. The van der Waals surface area contributed by atoms with Crippen LogP contribution in [0.2, 0.25) is 0 Å². The molecule has 3 rings (SSSR count). The Labute approximate surface area is 181 Å². The molecule has 1 amide bonds. The number of carbonyl (C=O) groups is 1. The lowest BCUT2D eigenvalue weighted by atomic mass is 9.81. The Kier molecular flexibility index (Phi) is 7.39. The summed E-state index contributed by atoms with van der Waals surface area (Å²) >= 11 is 0. The highest BCUT2D eigenvalue weighted by Gasteiger charge is 2.27. The van der Waals surface area contributed by atoms with Gasteiger partial charge in [-0.25, -0.2) is 9.37 Å². The molecular formula is C24H28FN3O3. The van der Waals surface area contributed by atoms with Crippen molar-refractivity contribution in [3.05, 3.63) is 59.5 Å². The minimum Gasteiger partial charge on any atom is -0.496 e. The third-order valence-corrected chi connectivity index (χ3v) is 5.53. The van der Waals surface area contributed by atoms with Gasteiger partial charge in [-0.1, -0.05) is 6.42 Å². The first kappa shape index (κ1) is 22.5. The van der Waals surface area contributed by atoms with E-state index in [1.807, 2.05) is 25.1 Å². The molecule has 0 spiro atoms. The molecule has 1 saturated carbocycles. The van der Waals surface area contributed by atoms with Crippen LogP contribution in [0.25, 0.3) is 11.3 Å². The standard InChI is InChI=1S/C24H28FN3O3/c1-15-10-18(8-9-21(15)30-4)23-22(27-14-31-23)24(29)28-20-7-5-6-17(12-20)19(13-26-3)11-16(2)25/h8-11,13-14,17,20H,3,5-7,12H2,1-2,4H3,(H,28,29)/b16-11+,19-13+. The van der Waals surface area contributed by atoms with Crippen molar-refractivity contribution in [2.24, 2.45) is 10.9 Å². The van der Waals surface area contributed by atoms with Gasteiger partial charge in [0.15, 0.2) is 17.8 Å². The van der Waals surface area contributed by atoms with Crippen molar-refractivity contribution in [1.82, 2.24) is 10.3 Å². The monoisotopic (exact) mass is 425 g/mol. The molecule has 31 heavy (non-hydrogen) atoms. The van der Waals surface area contributed by atoms with Gasteiger partial charge in [-0.05, 0) is 81.2 Å². The molecule has 1 fully saturated rings. The minimum atomic E-state index is -0.285. The lowest BCUT2D eigenvalue weighted by Crippen LogP contribution is -2.39. The van der Waals surface area contributed by atoms with E-state index < -0.39 is 0 Å². The summed E-state index contributed by atoms with van der Waals surface area (Å²) in [4.78, 5) is 20.9. The Morgan fingerprint density at radius 1 is 1.42 bits per heavy atom. The Bertz CT molecular complexity index is 1010. The lowest BCUT2D eigenvalue weighted by molar-refractivity contribution is 0.0918. The van der Waals surface area contributed by atoms with E-state index >= 15 is 0 Å². The van der Waals surface area contributed by atoms with Crippen molar-refractivity contribution in [3.8, 4) is 17.1 Å². The zero-order valence-corrected chi connectivity index (χ0v) is 18.2. The molecule has 164 valence electrons. The molecule has 1 aromatic carbocycles. The normalized spacial score (nSPS) is 19.7. The molecule has 1 aliphatic rings. The fraction of sp³-hybridized carbons (Fsp3) is 0.375. The molecule has 1 N–H and O–H groups in total. The van der Waals surface area contributed by atoms with E-state index in [1.54, 1.807) is 13.3 Å². The quantitative estimate of drug-likeness (QED) is 0.476. The average molecular weight is 426 g/mol. The number of carbonyl (C=O) groups excluding carboxylic acids is 1. The summed E-state index contributed by atoms with van der Waals surface area (Å²) in [5.74, 6) is 0.729. The number of aliphatic imine (C=N–C) groups is 1. The highest BCUT2D eigenvalue weighted by atomic mass is 19.1. The SMILES string of the molecule is C=N/C=C(\C=C(/C)F)C1CCCC(NC(=O)c2ncoc2-c2ccc(OC)c(C)c2)C1. The van der Waals surface area contributed by atoms with Crippen LogP contribution in [0.1, 0.15) is 48.7 Å². The van der Waals surface area contributed by atoms with Crippen molar-refractivity contribution in [2.45, 2.75) is 45.6 Å². The zero-order valence-electron chi connectivity index (χ0n) is 18.2. The fourth-order valence-electron chi connectivity index (χ4n) is 4.11. The molecule has 0 bridgehead atoms. The molecule has 0 aliphatic heterocycles. The molecule has 2 unspecified atom stereocenters. The molecule has 0 radical (unpaired) electrons. The number of methoxy groups -OCH3 is 1. The van der Waals surface area contributed by atoms with Crippen LogP contribution >= 0.6 is 0 Å². The minimum absolute atomic E-state index is 0.0464. The van der Waals surface area contributed by atoms with E-state index in [2.05, 4.69) is 22.0 Å². The average Bonchev–Trinajstić information content (AvgIpc) is 3.23. The van der Waals surface area contributed by atoms with E-state index in [9.17, 15) is 9.18 Å². The maximum Gasteiger partial charge on any atom is 0.274 e. The second-order valence-corrected chi connectivity index (χ2v) is 7.79. The number of oxazole rings is 1. The maximum atomic E-state index is 13.5. The predicted molar refractivity (Wildman–Crippen MR) is 119 cm³/mol. The van der Waals surface area contributed by atoms with Crippen molar-refractivity contribution in [1.29, 1.82) is 0 Å². The first-order valence-corrected chi connectivity index (χ1v) is 10.3. The Morgan fingerprint density at radius 3 is 2.90 bits per heavy atom. The Balaban J connectivity index is 1.75. The summed E-state index contributed by atoms with van der Waals surface area (Å²) in [5, 5.41) is 3.07. The number of benzene rings is 1. The van der Waals surface area contributed by atoms with Crippen molar-refractivity contribution >= 4 is 12.6 Å². The number of nitrogens with zero attached hydrogens (tertiary/aromatic N) is 2. The summed E-state index contributed by atoms with van der Waals surface area (Å²) in [6.45, 7) is 6.82. The molecule has 1 aromatic heterocycles. The lowest BCUT2D eigenvalue weighted by Gasteiger charge is -2.30. The Morgan fingerprint density at radius 2 is 2.23 bits per heavy atom. The van der Waals surface area contributed by atoms with E-state index in [0.717, 1.165) is 41.7 Å². The number of halogens is 1. The van der Waals surface area contributed by atoms with Crippen LogP contribution in [0.5, 0.6) is 5.75 Å². The third kappa shape index (κ3) is 5.48. The van der Waals surface area contributed by atoms with Crippen LogP contribution in [-0.2, 0) is 0 Å². The van der Waals surface area contributed by atoms with Crippen LogP contribution in [0.3, 0.4) is 0 Å². The van der Waals surface area contributed by atoms with Crippen LogP contribution < -0.4 is 10.1 Å². The number of hydrogen-bond acceptors (Lipinski definition) is 5. The van der Waals surface area contributed by atoms with Gasteiger partial charge in [0.2, 0.25) is 0 Å². The number of allylic oxidation sites excluding steroid dienone is 3. The van der Waals surface area contributed by atoms with E-state index in [4.69, 9.17) is 9.15 Å². The first-order valence-electron chi connectivity index (χ1n) is 10.3. The van der Waals surface area contributed by atoms with Gasteiger partial charge in [0.05, 0.1) is 12.9 Å². The van der Waals surface area contributed by atoms with Crippen LogP contribution in [0, 0.1) is 12.8 Å². The topological polar surface area (TPSA) is 76.7 Å². The smallest absolute Gasteiger partial charge is 0.274 e. The number of nitrogens with one attached hydrogen (secondary N) is 1. The largest absolute Gasteiger partial charge is 0.496 e. The van der Waals surface area contributed by atoms with Crippen molar-refractivity contribution in [2.75, 3.05) is 7.11 Å². The van der Waals surface area contributed by atoms with Gasteiger partial charge >= 0.3 is 0 Å². The first-order chi connectivity index (χ1) is 14.9. The number of amides is 1. The number of aromatic nitrogens is 1. The van der Waals surface area contributed by atoms with Gasteiger partial charge in [0.25, 0.3) is 5.91 Å². The van der Waals surface area contributed by atoms with Gasteiger partial charge in [-0.15, -0.1) is 0 Å². The number of hydrogen-bond donors (Lipinski definition) is 1. The van der Waals surface area contributed by atoms with Crippen LogP contribution in [0.15, 0.2) is 57.7 Å². The summed E-state index contributed by atoms with van der Waals surface area (Å²) in [7, 11) is 1.61. The third-order valence-electron chi connectivity index (χ3n) is 5.53. The van der Waals surface area contributed by atoms with Gasteiger partial charge in [0, 0.05) is 17.8 Å². The molecular weight excluding hydrogens is 397 g/mol. The van der Waals surface area contributed by atoms with Gasteiger partial charge in [0.1, 0.15) is 5.75 Å². The second-order valence-electron chi connectivity index (χ2n) is 7.79. The zero-order chi connectivity index (χ0) is 22.4. The maximum absolute atomic E-state index is 13.5. The number of ether oxygens (including phenoxy) is 1. The molecule has 1 aliphatic carbocycles. The highest BCUT2D eigenvalue weighted by Crippen LogP contribution is 2.32. The number of rotatable bonds is 7.